The van der Waals surface area contributed by atoms with Crippen molar-refractivity contribution in [3.63, 3.8) is 0 Å². The van der Waals surface area contributed by atoms with Crippen LogP contribution in [0.1, 0.15) is 53.2 Å². The quantitative estimate of drug-likeness (QED) is 0.813. The summed E-state index contributed by atoms with van der Waals surface area (Å²) in [7, 11) is 3.98. The van der Waals surface area contributed by atoms with Gasteiger partial charge in [-0.3, -0.25) is 14.4 Å². The van der Waals surface area contributed by atoms with Crippen LogP contribution in [0, 0.1) is 19.3 Å². The van der Waals surface area contributed by atoms with E-state index in [0.29, 0.717) is 17.4 Å². The Morgan fingerprint density at radius 3 is 2.58 bits per heavy atom. The molecule has 1 amide bonds. The van der Waals surface area contributed by atoms with Crippen molar-refractivity contribution in [2.75, 3.05) is 26.7 Å². The van der Waals surface area contributed by atoms with Crippen molar-refractivity contribution in [3.05, 3.63) is 29.2 Å². The zero-order valence-corrected chi connectivity index (χ0v) is 15.9. The molecular formula is C18H26N6O2. The van der Waals surface area contributed by atoms with Crippen molar-refractivity contribution in [2.45, 2.75) is 39.2 Å². The summed E-state index contributed by atoms with van der Waals surface area (Å²) >= 11 is 0. The molecule has 1 spiro atoms. The molecule has 8 heteroatoms. The molecule has 0 saturated carbocycles. The molecule has 0 bridgehead atoms. The molecule has 2 aliphatic heterocycles. The molecule has 0 N–H and O–H groups in total. The lowest BCUT2D eigenvalue weighted by Gasteiger charge is -2.39. The predicted molar refractivity (Wildman–Crippen MR) is 94.5 cm³/mol. The van der Waals surface area contributed by atoms with E-state index in [4.69, 9.17) is 4.52 Å². The van der Waals surface area contributed by atoms with Gasteiger partial charge >= 0.3 is 0 Å². The lowest BCUT2D eigenvalue weighted by Crippen LogP contribution is -2.44. The first-order chi connectivity index (χ1) is 12.4. The van der Waals surface area contributed by atoms with Gasteiger partial charge in [-0.15, -0.1) is 0 Å². The Balaban J connectivity index is 1.42. The van der Waals surface area contributed by atoms with Gasteiger partial charge in [0.1, 0.15) is 0 Å². The summed E-state index contributed by atoms with van der Waals surface area (Å²) < 4.78 is 7.16. The number of nitrogens with zero attached hydrogens (tertiary/aromatic N) is 6. The highest BCUT2D eigenvalue weighted by Gasteiger charge is 2.47. The first-order valence-electron chi connectivity index (χ1n) is 9.17. The van der Waals surface area contributed by atoms with E-state index in [1.165, 1.54) is 0 Å². The number of hydrogen-bond acceptors (Lipinski definition) is 6. The monoisotopic (exact) mass is 358 g/mol. The highest BCUT2D eigenvalue weighted by molar-refractivity contribution is 5.92. The Morgan fingerprint density at radius 1 is 1.27 bits per heavy atom. The van der Waals surface area contributed by atoms with Crippen LogP contribution < -0.4 is 0 Å². The average molecular weight is 358 g/mol. The molecular weight excluding hydrogens is 332 g/mol. The van der Waals surface area contributed by atoms with E-state index in [-0.39, 0.29) is 17.4 Å². The van der Waals surface area contributed by atoms with Gasteiger partial charge in [0.05, 0.1) is 6.04 Å². The molecule has 4 heterocycles. The number of amides is 1. The molecule has 1 unspecified atom stereocenters. The van der Waals surface area contributed by atoms with E-state index in [1.807, 2.05) is 31.9 Å². The van der Waals surface area contributed by atoms with Gasteiger partial charge in [0.15, 0.2) is 11.5 Å². The molecule has 140 valence electrons. The standard InChI is InChI=1S/C18H26N6O2/c1-12-9-14(20-23(12)4)17(25)24-7-5-18(6-8-24)10-15(22(3)11-18)16-19-13(2)21-26-16/h9,15H,5-8,10-11H2,1-4H3. The Hall–Kier alpha value is -2.22. The molecule has 0 aliphatic carbocycles. The second-order valence-corrected chi connectivity index (χ2v) is 7.90. The van der Waals surface area contributed by atoms with Gasteiger partial charge in [0, 0.05) is 32.4 Å². The summed E-state index contributed by atoms with van der Waals surface area (Å²) in [5, 5.41) is 8.26. The smallest absolute Gasteiger partial charge is 0.274 e. The molecule has 2 saturated heterocycles. The number of carbonyl (C=O) groups excluding carboxylic acids is 1. The van der Waals surface area contributed by atoms with E-state index in [2.05, 4.69) is 27.2 Å². The van der Waals surface area contributed by atoms with Crippen LogP contribution in [0.25, 0.3) is 0 Å². The zero-order valence-electron chi connectivity index (χ0n) is 15.9. The van der Waals surface area contributed by atoms with Crippen molar-refractivity contribution in [1.82, 2.24) is 29.7 Å². The number of aryl methyl sites for hydroxylation is 3. The van der Waals surface area contributed by atoms with E-state index in [0.717, 1.165) is 44.6 Å². The van der Waals surface area contributed by atoms with Gasteiger partial charge in [-0.25, -0.2) is 0 Å². The summed E-state index contributed by atoms with van der Waals surface area (Å²) in [5.41, 5.74) is 1.76. The first-order valence-corrected chi connectivity index (χ1v) is 9.17. The molecule has 1 atom stereocenters. The Labute approximate surface area is 153 Å². The van der Waals surface area contributed by atoms with Gasteiger partial charge in [-0.2, -0.15) is 10.1 Å². The Morgan fingerprint density at radius 2 is 2.00 bits per heavy atom. The van der Waals surface area contributed by atoms with E-state index >= 15 is 0 Å². The van der Waals surface area contributed by atoms with Crippen molar-refractivity contribution >= 4 is 5.91 Å². The molecule has 2 aliphatic rings. The van der Waals surface area contributed by atoms with Crippen LogP contribution in [0.3, 0.4) is 0 Å². The summed E-state index contributed by atoms with van der Waals surface area (Å²) in [4.78, 5) is 21.4. The van der Waals surface area contributed by atoms with Gasteiger partial charge in [0.25, 0.3) is 5.91 Å². The maximum atomic E-state index is 12.7. The highest BCUT2D eigenvalue weighted by Crippen LogP contribution is 2.48. The second-order valence-electron chi connectivity index (χ2n) is 7.90. The van der Waals surface area contributed by atoms with Crippen LogP contribution in [-0.4, -0.2) is 62.3 Å². The van der Waals surface area contributed by atoms with Crippen molar-refractivity contribution in [2.24, 2.45) is 12.5 Å². The van der Waals surface area contributed by atoms with Crippen molar-refractivity contribution in [3.8, 4) is 0 Å². The summed E-state index contributed by atoms with van der Waals surface area (Å²) in [6, 6.07) is 2.04. The molecule has 26 heavy (non-hydrogen) atoms. The second kappa shape index (κ2) is 6.19. The van der Waals surface area contributed by atoms with E-state index in [9.17, 15) is 4.79 Å². The zero-order chi connectivity index (χ0) is 18.5. The normalized spacial score (nSPS) is 23.1. The average Bonchev–Trinajstić information content (AvgIpc) is 3.27. The molecule has 4 rings (SSSR count). The fourth-order valence-corrected chi connectivity index (χ4v) is 4.37. The third-order valence-electron chi connectivity index (χ3n) is 6.02. The fraction of sp³-hybridized carbons (Fsp3) is 0.667. The van der Waals surface area contributed by atoms with E-state index < -0.39 is 0 Å². The largest absolute Gasteiger partial charge is 0.338 e. The maximum absolute atomic E-state index is 12.7. The summed E-state index contributed by atoms with van der Waals surface area (Å²) in [6.45, 7) is 6.36. The van der Waals surface area contributed by atoms with Crippen LogP contribution in [-0.2, 0) is 7.05 Å². The van der Waals surface area contributed by atoms with Crippen LogP contribution in [0.2, 0.25) is 0 Å². The third kappa shape index (κ3) is 2.92. The van der Waals surface area contributed by atoms with Crippen LogP contribution in [0.5, 0.6) is 0 Å². The molecule has 2 aromatic rings. The number of hydrogen-bond donors (Lipinski definition) is 0. The molecule has 2 fully saturated rings. The summed E-state index contributed by atoms with van der Waals surface area (Å²) in [6.07, 6.45) is 3.01. The van der Waals surface area contributed by atoms with Gasteiger partial charge < -0.3 is 9.42 Å². The molecule has 0 radical (unpaired) electrons. The Kier molecular flexibility index (Phi) is 4.10. The number of likely N-dealkylation sites (tertiary alicyclic amines) is 2. The van der Waals surface area contributed by atoms with Gasteiger partial charge in [-0.05, 0) is 51.6 Å². The fourth-order valence-electron chi connectivity index (χ4n) is 4.37. The van der Waals surface area contributed by atoms with E-state index in [1.54, 1.807) is 4.68 Å². The summed E-state index contributed by atoms with van der Waals surface area (Å²) in [5.74, 6) is 1.43. The SMILES string of the molecule is Cc1noc(C2CC3(CCN(C(=O)c4cc(C)n(C)n4)CC3)CN2C)n1. The van der Waals surface area contributed by atoms with Crippen molar-refractivity contribution < 1.29 is 9.32 Å². The highest BCUT2D eigenvalue weighted by atomic mass is 16.5. The van der Waals surface area contributed by atoms with Crippen LogP contribution in [0.4, 0.5) is 0 Å². The molecule has 0 aromatic carbocycles. The molecule has 8 nitrogen and oxygen atoms in total. The van der Waals surface area contributed by atoms with Gasteiger partial charge in [0.2, 0.25) is 5.89 Å². The number of carbonyl (C=O) groups is 1. The Bertz CT molecular complexity index is 798. The number of aromatic nitrogens is 4. The van der Waals surface area contributed by atoms with Gasteiger partial charge in [-0.1, -0.05) is 5.16 Å². The lowest BCUT2D eigenvalue weighted by molar-refractivity contribution is 0.0586. The first kappa shape index (κ1) is 17.2. The number of piperidine rings is 1. The minimum atomic E-state index is 0.0407. The number of rotatable bonds is 2. The lowest BCUT2D eigenvalue weighted by atomic mass is 9.76. The maximum Gasteiger partial charge on any atom is 0.274 e. The minimum Gasteiger partial charge on any atom is -0.338 e. The third-order valence-corrected chi connectivity index (χ3v) is 6.02. The minimum absolute atomic E-state index is 0.0407. The van der Waals surface area contributed by atoms with Crippen LogP contribution >= 0.6 is 0 Å². The predicted octanol–water partition coefficient (Wildman–Crippen LogP) is 1.72. The van der Waals surface area contributed by atoms with Crippen molar-refractivity contribution in [1.29, 1.82) is 0 Å². The van der Waals surface area contributed by atoms with Crippen LogP contribution in [0.15, 0.2) is 10.6 Å². The topological polar surface area (TPSA) is 80.3 Å². The molecule has 2 aromatic heterocycles.